The molecule has 0 aliphatic heterocycles. The van der Waals surface area contributed by atoms with E-state index in [2.05, 4.69) is 26.6 Å². The first-order valence-electron chi connectivity index (χ1n) is 8.60. The van der Waals surface area contributed by atoms with Crippen molar-refractivity contribution in [1.82, 2.24) is 10.6 Å². The number of aliphatic carboxylic acids is 1. The number of carboxylic acids is 1. The molecule has 2 amide bonds. The van der Waals surface area contributed by atoms with Crippen molar-refractivity contribution in [3.8, 4) is 0 Å². The number of hydrogen-bond donors (Lipinski definition) is 3. The van der Waals surface area contributed by atoms with Crippen molar-refractivity contribution in [2.24, 2.45) is 0 Å². The van der Waals surface area contributed by atoms with E-state index in [0.29, 0.717) is 72.0 Å². The minimum absolute atomic E-state index is 0.0728. The molecule has 9 nitrogen and oxygen atoms in total. The Morgan fingerprint density at radius 3 is 1.69 bits per heavy atom. The molecular formula is C16H29BrN2O7. The summed E-state index contributed by atoms with van der Waals surface area (Å²) < 4.78 is 15.9. The molecule has 152 valence electrons. The SMILES string of the molecule is O=C(O)CCCCC(=O)NCCOCCOCCOCCNC(=O)CBr. The van der Waals surface area contributed by atoms with Crippen LogP contribution in [0.1, 0.15) is 25.7 Å². The first-order valence-corrected chi connectivity index (χ1v) is 9.72. The van der Waals surface area contributed by atoms with Crippen molar-refractivity contribution < 1.29 is 33.7 Å². The second kappa shape index (κ2) is 18.6. The van der Waals surface area contributed by atoms with Crippen LogP contribution in [0, 0.1) is 0 Å². The van der Waals surface area contributed by atoms with Crippen LogP contribution in [0.15, 0.2) is 0 Å². The third-order valence-electron chi connectivity index (χ3n) is 3.05. The molecule has 10 heteroatoms. The molecule has 0 unspecified atom stereocenters. The molecule has 0 saturated carbocycles. The molecule has 0 heterocycles. The summed E-state index contributed by atoms with van der Waals surface area (Å²) in [5, 5.41) is 14.1. The van der Waals surface area contributed by atoms with Crippen LogP contribution in [0.5, 0.6) is 0 Å². The number of rotatable bonds is 18. The summed E-state index contributed by atoms with van der Waals surface area (Å²) in [5.74, 6) is -1.01. The molecule has 0 rings (SSSR count). The van der Waals surface area contributed by atoms with Crippen LogP contribution >= 0.6 is 15.9 Å². The number of carbonyl (C=O) groups excluding carboxylic acids is 2. The zero-order valence-corrected chi connectivity index (χ0v) is 16.6. The summed E-state index contributed by atoms with van der Waals surface area (Å²) >= 11 is 3.05. The Bertz CT molecular complexity index is 397. The van der Waals surface area contributed by atoms with Gasteiger partial charge in [0.2, 0.25) is 11.8 Å². The molecule has 0 bridgehead atoms. The topological polar surface area (TPSA) is 123 Å². The Balaban J connectivity index is 3.18. The molecule has 0 spiro atoms. The Morgan fingerprint density at radius 2 is 1.19 bits per heavy atom. The van der Waals surface area contributed by atoms with E-state index >= 15 is 0 Å². The van der Waals surface area contributed by atoms with Crippen LogP contribution < -0.4 is 10.6 Å². The zero-order valence-electron chi connectivity index (χ0n) is 15.0. The average Bonchev–Trinajstić information content (AvgIpc) is 2.62. The van der Waals surface area contributed by atoms with Gasteiger partial charge in [0.25, 0.3) is 0 Å². The Morgan fingerprint density at radius 1 is 0.731 bits per heavy atom. The molecule has 0 aromatic carbocycles. The number of halogens is 1. The van der Waals surface area contributed by atoms with E-state index in [0.717, 1.165) is 0 Å². The van der Waals surface area contributed by atoms with Gasteiger partial charge in [0, 0.05) is 25.9 Å². The van der Waals surface area contributed by atoms with Gasteiger partial charge in [-0.15, -0.1) is 0 Å². The maximum Gasteiger partial charge on any atom is 0.303 e. The lowest BCUT2D eigenvalue weighted by Crippen LogP contribution is -2.28. The van der Waals surface area contributed by atoms with Gasteiger partial charge in [-0.05, 0) is 12.8 Å². The molecule has 0 aromatic heterocycles. The van der Waals surface area contributed by atoms with Crippen molar-refractivity contribution in [3.05, 3.63) is 0 Å². The Labute approximate surface area is 162 Å². The summed E-state index contributed by atoms with van der Waals surface area (Å²) in [4.78, 5) is 32.7. The van der Waals surface area contributed by atoms with Gasteiger partial charge in [0.1, 0.15) is 0 Å². The number of ether oxygens (including phenoxy) is 3. The minimum Gasteiger partial charge on any atom is -0.481 e. The normalized spacial score (nSPS) is 10.5. The second-order valence-electron chi connectivity index (χ2n) is 5.27. The van der Waals surface area contributed by atoms with E-state index in [1.54, 1.807) is 0 Å². The standard InChI is InChI=1S/C16H29BrN2O7/c17-13-15(21)19-6-8-25-10-12-26-11-9-24-7-5-18-14(20)3-1-2-4-16(22)23/h1-13H2,(H,18,20)(H,19,21)(H,22,23). The molecule has 0 aromatic rings. The number of carbonyl (C=O) groups is 3. The van der Waals surface area contributed by atoms with Gasteiger partial charge >= 0.3 is 5.97 Å². The van der Waals surface area contributed by atoms with Gasteiger partial charge in [-0.1, -0.05) is 15.9 Å². The van der Waals surface area contributed by atoms with Gasteiger partial charge in [-0.25, -0.2) is 0 Å². The summed E-state index contributed by atoms with van der Waals surface area (Å²) in [5.41, 5.74) is 0. The summed E-state index contributed by atoms with van der Waals surface area (Å²) in [7, 11) is 0. The van der Waals surface area contributed by atoms with Crippen molar-refractivity contribution in [1.29, 1.82) is 0 Å². The van der Waals surface area contributed by atoms with Crippen molar-refractivity contribution in [2.75, 3.05) is 58.1 Å². The lowest BCUT2D eigenvalue weighted by molar-refractivity contribution is -0.137. The van der Waals surface area contributed by atoms with Crippen LogP contribution in [0.25, 0.3) is 0 Å². The summed E-state index contributed by atoms with van der Waals surface area (Å²) in [6.45, 7) is 3.48. The summed E-state index contributed by atoms with van der Waals surface area (Å²) in [6.07, 6.45) is 1.49. The maximum absolute atomic E-state index is 11.4. The third kappa shape index (κ3) is 19.1. The number of carboxylic acid groups (broad SMARTS) is 1. The number of hydrogen-bond acceptors (Lipinski definition) is 6. The predicted molar refractivity (Wildman–Crippen MR) is 98.4 cm³/mol. The van der Waals surface area contributed by atoms with Crippen LogP contribution in [-0.4, -0.2) is 81.0 Å². The van der Waals surface area contributed by atoms with Crippen molar-refractivity contribution in [2.45, 2.75) is 25.7 Å². The molecule has 0 aliphatic rings. The Hall–Kier alpha value is -1.23. The van der Waals surface area contributed by atoms with Crippen molar-refractivity contribution >= 4 is 33.7 Å². The van der Waals surface area contributed by atoms with Crippen LogP contribution in [0.4, 0.5) is 0 Å². The highest BCUT2D eigenvalue weighted by atomic mass is 79.9. The second-order valence-corrected chi connectivity index (χ2v) is 5.83. The number of alkyl halides is 1. The first-order chi connectivity index (χ1) is 12.6. The average molecular weight is 441 g/mol. The smallest absolute Gasteiger partial charge is 0.303 e. The lowest BCUT2D eigenvalue weighted by atomic mass is 10.2. The van der Waals surface area contributed by atoms with Gasteiger partial charge < -0.3 is 30.0 Å². The highest BCUT2D eigenvalue weighted by Crippen LogP contribution is 1.99. The van der Waals surface area contributed by atoms with E-state index in [9.17, 15) is 14.4 Å². The molecular weight excluding hydrogens is 412 g/mol. The largest absolute Gasteiger partial charge is 0.481 e. The first kappa shape index (κ1) is 24.8. The lowest BCUT2D eigenvalue weighted by Gasteiger charge is -2.08. The van der Waals surface area contributed by atoms with Crippen LogP contribution in [0.2, 0.25) is 0 Å². The molecule has 0 aliphatic carbocycles. The minimum atomic E-state index is -0.841. The van der Waals surface area contributed by atoms with Gasteiger partial charge in [-0.2, -0.15) is 0 Å². The van der Waals surface area contributed by atoms with Crippen LogP contribution in [-0.2, 0) is 28.6 Å². The van der Waals surface area contributed by atoms with Gasteiger partial charge in [-0.3, -0.25) is 14.4 Å². The zero-order chi connectivity index (χ0) is 19.5. The molecule has 3 N–H and O–H groups in total. The highest BCUT2D eigenvalue weighted by molar-refractivity contribution is 9.09. The Kier molecular flexibility index (Phi) is 17.7. The van der Waals surface area contributed by atoms with E-state index in [1.807, 2.05) is 0 Å². The maximum atomic E-state index is 11.4. The van der Waals surface area contributed by atoms with E-state index in [1.165, 1.54) is 0 Å². The molecule has 0 saturated heterocycles. The van der Waals surface area contributed by atoms with Gasteiger partial charge in [0.05, 0.1) is 45.0 Å². The molecule has 0 atom stereocenters. The van der Waals surface area contributed by atoms with Crippen LogP contribution in [0.3, 0.4) is 0 Å². The summed E-state index contributed by atoms with van der Waals surface area (Å²) in [6, 6.07) is 0. The van der Waals surface area contributed by atoms with E-state index < -0.39 is 5.97 Å². The highest BCUT2D eigenvalue weighted by Gasteiger charge is 2.02. The van der Waals surface area contributed by atoms with E-state index in [4.69, 9.17) is 19.3 Å². The van der Waals surface area contributed by atoms with E-state index in [-0.39, 0.29) is 23.6 Å². The molecule has 0 radical (unpaired) electrons. The molecule has 0 fully saturated rings. The predicted octanol–water partition coefficient (Wildman–Crippen LogP) is 0.309. The fourth-order valence-corrected chi connectivity index (χ4v) is 1.96. The number of amides is 2. The quantitative estimate of drug-likeness (QED) is 0.207. The van der Waals surface area contributed by atoms with Gasteiger partial charge in [0.15, 0.2) is 0 Å². The fourth-order valence-electron chi connectivity index (χ4n) is 1.76. The third-order valence-corrected chi connectivity index (χ3v) is 3.56. The molecule has 26 heavy (non-hydrogen) atoms. The number of nitrogens with one attached hydrogen (secondary N) is 2. The monoisotopic (exact) mass is 440 g/mol. The fraction of sp³-hybridized carbons (Fsp3) is 0.812. The number of unbranched alkanes of at least 4 members (excludes halogenated alkanes) is 1. The van der Waals surface area contributed by atoms with Crippen molar-refractivity contribution in [3.63, 3.8) is 0 Å².